The number of hydrogen-bond acceptors (Lipinski definition) is 3. The molecule has 0 spiro atoms. The summed E-state index contributed by atoms with van der Waals surface area (Å²) in [5.74, 6) is -6.76. The van der Waals surface area contributed by atoms with Crippen LogP contribution in [0, 0.1) is 6.92 Å². The van der Waals surface area contributed by atoms with Crippen molar-refractivity contribution >= 4 is 11.0 Å². The van der Waals surface area contributed by atoms with Gasteiger partial charge in [-0.05, 0) is 18.6 Å². The normalized spacial score (nSPS) is 15.1. The fraction of sp³-hybridized carbons (Fsp3) is 0.333. The molecule has 1 aromatic carbocycles. The van der Waals surface area contributed by atoms with Crippen LogP contribution in [0.3, 0.4) is 0 Å². The number of halogens is 6. The van der Waals surface area contributed by atoms with Gasteiger partial charge in [0.2, 0.25) is 0 Å². The number of aryl methyl sites for hydroxylation is 1. The molecule has 1 aromatic heterocycles. The Morgan fingerprint density at radius 3 is 2.41 bits per heavy atom. The van der Waals surface area contributed by atoms with Gasteiger partial charge in [0.1, 0.15) is 0 Å². The zero-order valence-electron chi connectivity index (χ0n) is 10.8. The number of fused-ring (bicyclic) bond motifs is 1. The molecule has 0 bridgehead atoms. The number of ether oxygens (including phenoxy) is 1. The number of nitrogens with one attached hydrogen (secondary N) is 1. The highest BCUT2D eigenvalue weighted by molar-refractivity contribution is 5.77. The lowest BCUT2D eigenvalue weighted by Gasteiger charge is -2.26. The largest absolute Gasteiger partial charge is 0.466 e. The summed E-state index contributed by atoms with van der Waals surface area (Å²) < 4.78 is 79.3. The molecule has 2 rings (SSSR count). The maximum atomic E-state index is 13.5. The Bertz CT molecular complexity index is 757. The zero-order chi connectivity index (χ0) is 16.7. The number of para-hydroxylation sites is 1. The molecule has 1 unspecified atom stereocenters. The van der Waals surface area contributed by atoms with E-state index in [-0.39, 0.29) is 11.0 Å². The van der Waals surface area contributed by atoms with Crippen LogP contribution >= 0.6 is 0 Å². The molecule has 1 atom stereocenters. The maximum Gasteiger partial charge on any atom is 0.466 e. The van der Waals surface area contributed by atoms with Crippen LogP contribution in [-0.4, -0.2) is 28.4 Å². The molecule has 0 amide bonds. The van der Waals surface area contributed by atoms with Crippen molar-refractivity contribution in [2.24, 2.45) is 0 Å². The van der Waals surface area contributed by atoms with E-state index in [4.69, 9.17) is 0 Å². The third kappa shape index (κ3) is 2.60. The van der Waals surface area contributed by atoms with Gasteiger partial charge >= 0.3 is 24.0 Å². The molecule has 120 valence electrons. The highest BCUT2D eigenvalue weighted by Crippen LogP contribution is 2.39. The quantitative estimate of drug-likeness (QED) is 0.882. The topological polar surface area (TPSA) is 55.0 Å². The van der Waals surface area contributed by atoms with Crippen molar-refractivity contribution in [3.8, 4) is 5.88 Å². The number of aromatic amines is 1. The summed E-state index contributed by atoms with van der Waals surface area (Å²) >= 11 is 0. The Morgan fingerprint density at radius 2 is 1.86 bits per heavy atom. The van der Waals surface area contributed by atoms with Crippen molar-refractivity contribution in [3.05, 3.63) is 34.1 Å². The molecule has 0 aliphatic rings. The summed E-state index contributed by atoms with van der Waals surface area (Å²) in [7, 11) is 0. The molecule has 1 heterocycles. The van der Waals surface area contributed by atoms with Gasteiger partial charge in [-0.3, -0.25) is 4.79 Å². The summed E-state index contributed by atoms with van der Waals surface area (Å²) in [6.07, 6.45) is -10.6. The van der Waals surface area contributed by atoms with E-state index in [1.807, 2.05) is 0 Å². The number of alkyl halides is 6. The van der Waals surface area contributed by atoms with Crippen LogP contribution in [0.25, 0.3) is 11.0 Å². The van der Waals surface area contributed by atoms with E-state index in [2.05, 4.69) is 14.7 Å². The van der Waals surface area contributed by atoms with E-state index in [1.54, 1.807) is 0 Å². The van der Waals surface area contributed by atoms with E-state index < -0.39 is 29.9 Å². The van der Waals surface area contributed by atoms with Crippen molar-refractivity contribution in [2.75, 3.05) is 0 Å². The van der Waals surface area contributed by atoms with Crippen LogP contribution < -0.4 is 10.3 Å². The molecule has 0 fully saturated rings. The van der Waals surface area contributed by atoms with Crippen molar-refractivity contribution in [3.63, 3.8) is 0 Å². The highest BCUT2D eigenvalue weighted by Gasteiger charge is 2.66. The Kier molecular flexibility index (Phi) is 3.80. The minimum Gasteiger partial charge on any atom is -0.424 e. The summed E-state index contributed by atoms with van der Waals surface area (Å²) in [6, 6.07) is 4.43. The fourth-order valence-corrected chi connectivity index (χ4v) is 1.67. The third-order valence-electron chi connectivity index (χ3n) is 2.81. The predicted octanol–water partition coefficient (Wildman–Crippen LogP) is 3.10. The van der Waals surface area contributed by atoms with Gasteiger partial charge in [-0.1, -0.05) is 12.1 Å². The predicted molar refractivity (Wildman–Crippen MR) is 63.6 cm³/mol. The van der Waals surface area contributed by atoms with Gasteiger partial charge in [0.15, 0.2) is 0 Å². The van der Waals surface area contributed by atoms with Crippen LogP contribution in [-0.2, 0) is 0 Å². The summed E-state index contributed by atoms with van der Waals surface area (Å²) in [6.45, 7) is 1.51. The molecule has 0 aliphatic carbocycles. The van der Waals surface area contributed by atoms with Crippen LogP contribution in [0.5, 0.6) is 5.88 Å². The van der Waals surface area contributed by atoms with Crippen LogP contribution in [0.2, 0.25) is 0 Å². The molecule has 0 saturated heterocycles. The van der Waals surface area contributed by atoms with Crippen molar-refractivity contribution in [1.82, 2.24) is 9.97 Å². The number of benzene rings is 1. The molecular formula is C12H8F6N2O2. The number of rotatable bonds is 3. The third-order valence-corrected chi connectivity index (χ3v) is 2.81. The smallest absolute Gasteiger partial charge is 0.424 e. The number of nitrogens with zero attached hydrogens (tertiary/aromatic N) is 1. The number of H-pyrrole nitrogens is 1. The molecule has 0 saturated carbocycles. The lowest BCUT2D eigenvalue weighted by molar-refractivity contribution is -0.341. The molecule has 2 aromatic rings. The lowest BCUT2D eigenvalue weighted by atomic mass is 10.2. The van der Waals surface area contributed by atoms with Gasteiger partial charge < -0.3 is 9.72 Å². The van der Waals surface area contributed by atoms with Gasteiger partial charge in [-0.25, -0.2) is 13.8 Å². The fourth-order valence-electron chi connectivity index (χ4n) is 1.67. The van der Waals surface area contributed by atoms with Crippen LogP contribution in [0.15, 0.2) is 23.0 Å². The van der Waals surface area contributed by atoms with E-state index in [9.17, 15) is 31.1 Å². The van der Waals surface area contributed by atoms with Crippen LogP contribution in [0.1, 0.15) is 5.56 Å². The monoisotopic (exact) mass is 326 g/mol. The van der Waals surface area contributed by atoms with E-state index in [0.717, 1.165) is 0 Å². The second kappa shape index (κ2) is 5.18. The number of aromatic nitrogens is 2. The minimum absolute atomic E-state index is 0.00380. The van der Waals surface area contributed by atoms with Gasteiger partial charge in [0.25, 0.3) is 5.88 Å². The first-order valence-corrected chi connectivity index (χ1v) is 5.78. The summed E-state index contributed by atoms with van der Waals surface area (Å²) in [5.41, 5.74) is -0.793. The van der Waals surface area contributed by atoms with Crippen molar-refractivity contribution in [2.45, 2.75) is 25.4 Å². The molecule has 0 radical (unpaired) electrons. The molecule has 22 heavy (non-hydrogen) atoms. The molecule has 10 heteroatoms. The zero-order valence-corrected chi connectivity index (χ0v) is 10.8. The van der Waals surface area contributed by atoms with Gasteiger partial charge in [0, 0.05) is 0 Å². The SMILES string of the molecule is Cc1cccc2[nH]c(=O)c(OC(F)(C(F)F)C(F)(F)F)nc12. The Morgan fingerprint density at radius 1 is 1.23 bits per heavy atom. The lowest BCUT2D eigenvalue weighted by Crippen LogP contribution is -2.53. The van der Waals surface area contributed by atoms with E-state index in [1.165, 1.54) is 25.1 Å². The molecule has 4 nitrogen and oxygen atoms in total. The first-order valence-electron chi connectivity index (χ1n) is 5.78. The summed E-state index contributed by atoms with van der Waals surface area (Å²) in [4.78, 5) is 17.1. The Hall–Kier alpha value is -2.26. The minimum atomic E-state index is -6.05. The van der Waals surface area contributed by atoms with Crippen molar-refractivity contribution < 1.29 is 31.1 Å². The number of hydrogen-bond donors (Lipinski definition) is 1. The first kappa shape index (κ1) is 16.1. The van der Waals surface area contributed by atoms with Crippen molar-refractivity contribution in [1.29, 1.82) is 0 Å². The molecular weight excluding hydrogens is 318 g/mol. The second-order valence-corrected chi connectivity index (χ2v) is 4.39. The highest BCUT2D eigenvalue weighted by atomic mass is 19.4. The average Bonchev–Trinajstić information content (AvgIpc) is 2.39. The van der Waals surface area contributed by atoms with Gasteiger partial charge in [-0.2, -0.15) is 17.6 Å². The average molecular weight is 326 g/mol. The van der Waals surface area contributed by atoms with Crippen LogP contribution in [0.4, 0.5) is 26.3 Å². The molecule has 1 N–H and O–H groups in total. The second-order valence-electron chi connectivity index (χ2n) is 4.39. The maximum absolute atomic E-state index is 13.5. The Labute approximate surface area is 118 Å². The molecule has 0 aliphatic heterocycles. The van der Waals surface area contributed by atoms with Gasteiger partial charge in [-0.15, -0.1) is 0 Å². The first-order chi connectivity index (χ1) is 10.1. The van der Waals surface area contributed by atoms with E-state index in [0.29, 0.717) is 5.56 Å². The summed E-state index contributed by atoms with van der Waals surface area (Å²) in [5, 5.41) is 0. The Balaban J connectivity index is 2.58. The standard InChI is InChI=1S/C12H8F6N2O2/c1-5-3-2-4-6-7(5)20-9(8(21)19-6)22-11(15,10(13)14)12(16,17)18/h2-4,10H,1H3,(H,19,21). The van der Waals surface area contributed by atoms with E-state index >= 15 is 0 Å². The van der Waals surface area contributed by atoms with Gasteiger partial charge in [0.05, 0.1) is 11.0 Å².